The number of aromatic nitrogens is 2. The molecular formula is C32H34FN5OS. The van der Waals surface area contributed by atoms with Crippen molar-refractivity contribution >= 4 is 28.9 Å². The number of halogens is 1. The Bertz CT molecular complexity index is 1550. The van der Waals surface area contributed by atoms with Gasteiger partial charge in [0.25, 0.3) is 0 Å². The third kappa shape index (κ3) is 5.23. The van der Waals surface area contributed by atoms with Gasteiger partial charge in [0.1, 0.15) is 5.82 Å². The number of anilines is 1. The smallest absolute Gasteiger partial charge is 0.226 e. The highest BCUT2D eigenvalue weighted by Gasteiger charge is 2.41. The monoisotopic (exact) mass is 555 g/mol. The number of nitrogens with zero attached hydrogens (tertiary/aromatic N) is 3. The zero-order valence-electron chi connectivity index (χ0n) is 23.2. The van der Waals surface area contributed by atoms with Crippen LogP contribution >= 0.6 is 12.2 Å². The SMILES string of the molecule is CCc1cccc(C)c1-n1c(C)cc([C@H]2[C@@H](c3ccccn3)NC(=S)N2CCC(=O)Nc2ccccc2F)c1C. The van der Waals surface area contributed by atoms with Gasteiger partial charge < -0.3 is 20.1 Å². The van der Waals surface area contributed by atoms with Crippen LogP contribution in [-0.4, -0.2) is 32.0 Å². The topological polar surface area (TPSA) is 62.2 Å². The molecule has 3 heterocycles. The van der Waals surface area contributed by atoms with Crippen LogP contribution in [0.15, 0.2) is 72.9 Å². The molecule has 8 heteroatoms. The van der Waals surface area contributed by atoms with Gasteiger partial charge in [-0.25, -0.2) is 4.39 Å². The number of rotatable bonds is 8. The maximum Gasteiger partial charge on any atom is 0.226 e. The number of pyridine rings is 1. The molecule has 0 aliphatic carbocycles. The fourth-order valence-corrected chi connectivity index (χ4v) is 6.07. The molecule has 1 aliphatic rings. The lowest BCUT2D eigenvalue weighted by Gasteiger charge is -2.28. The fourth-order valence-electron chi connectivity index (χ4n) is 5.74. The van der Waals surface area contributed by atoms with E-state index in [0.29, 0.717) is 11.7 Å². The summed E-state index contributed by atoms with van der Waals surface area (Å²) in [5.74, 6) is -0.733. The first-order chi connectivity index (χ1) is 19.3. The number of aryl methyl sites for hydroxylation is 3. The van der Waals surface area contributed by atoms with Crippen LogP contribution in [0.3, 0.4) is 0 Å². The highest BCUT2D eigenvalue weighted by atomic mass is 32.1. The maximum atomic E-state index is 14.1. The molecule has 206 valence electrons. The Morgan fingerprint density at radius 2 is 1.85 bits per heavy atom. The molecule has 1 aliphatic heterocycles. The normalized spacial score (nSPS) is 16.7. The molecule has 0 saturated carbocycles. The number of nitrogens with one attached hydrogen (secondary N) is 2. The second-order valence-electron chi connectivity index (χ2n) is 10.2. The lowest BCUT2D eigenvalue weighted by atomic mass is 9.96. The molecule has 0 bridgehead atoms. The molecule has 4 aromatic rings. The van der Waals surface area contributed by atoms with Gasteiger partial charge in [-0.1, -0.05) is 43.3 Å². The van der Waals surface area contributed by atoms with Crippen LogP contribution in [0.25, 0.3) is 5.69 Å². The van der Waals surface area contributed by atoms with Crippen LogP contribution in [0.1, 0.15) is 59.2 Å². The molecule has 2 aromatic heterocycles. The molecule has 1 saturated heterocycles. The summed E-state index contributed by atoms with van der Waals surface area (Å²) in [7, 11) is 0. The molecule has 2 atom stereocenters. The minimum atomic E-state index is -0.461. The summed E-state index contributed by atoms with van der Waals surface area (Å²) in [5.41, 5.74) is 8.15. The molecule has 0 unspecified atom stereocenters. The number of thiocarbonyl (C=S) groups is 1. The minimum absolute atomic E-state index is 0.151. The van der Waals surface area contributed by atoms with Gasteiger partial charge in [-0.2, -0.15) is 0 Å². The standard InChI is InChI=1S/C32H34FN5OS/c1-5-23-12-10-11-20(2)30(23)38-21(3)19-24(22(38)4)31-29(27-15-8-9-17-34-27)36-32(40)37(31)18-16-28(39)35-26-14-7-6-13-25(26)33/h6-15,17,19,29,31H,5,16,18H2,1-4H3,(H,35,39)(H,36,40)/t29-,31+/m1/s1. The van der Waals surface area contributed by atoms with E-state index in [9.17, 15) is 9.18 Å². The Morgan fingerprint density at radius 1 is 1.07 bits per heavy atom. The van der Waals surface area contributed by atoms with E-state index in [1.807, 2.05) is 18.2 Å². The molecule has 5 rings (SSSR count). The van der Waals surface area contributed by atoms with Gasteiger partial charge in [-0.15, -0.1) is 0 Å². The summed E-state index contributed by atoms with van der Waals surface area (Å²) in [4.78, 5) is 19.6. The Hall–Kier alpha value is -4.04. The van der Waals surface area contributed by atoms with E-state index in [1.165, 1.54) is 22.9 Å². The summed E-state index contributed by atoms with van der Waals surface area (Å²) < 4.78 is 16.5. The van der Waals surface area contributed by atoms with Gasteiger partial charge in [0, 0.05) is 30.6 Å². The molecule has 1 fully saturated rings. The van der Waals surface area contributed by atoms with Crippen LogP contribution in [0.2, 0.25) is 0 Å². The number of para-hydroxylation sites is 2. The first-order valence-electron chi connectivity index (χ1n) is 13.6. The van der Waals surface area contributed by atoms with Crippen LogP contribution in [0, 0.1) is 26.6 Å². The van der Waals surface area contributed by atoms with Crippen LogP contribution in [0.4, 0.5) is 10.1 Å². The summed E-state index contributed by atoms with van der Waals surface area (Å²) in [6.07, 6.45) is 2.86. The number of amides is 1. The number of hydrogen-bond acceptors (Lipinski definition) is 3. The molecule has 1 amide bonds. The Kier molecular flexibility index (Phi) is 7.98. The fraction of sp³-hybridized carbons (Fsp3) is 0.281. The van der Waals surface area contributed by atoms with Crippen molar-refractivity contribution in [2.24, 2.45) is 0 Å². The average Bonchev–Trinajstić information content (AvgIpc) is 3.43. The second kappa shape index (κ2) is 11.6. The predicted molar refractivity (Wildman–Crippen MR) is 161 cm³/mol. The number of hydrogen-bond donors (Lipinski definition) is 2. The summed E-state index contributed by atoms with van der Waals surface area (Å²) >= 11 is 5.82. The first kappa shape index (κ1) is 27.5. The lowest BCUT2D eigenvalue weighted by Crippen LogP contribution is -2.33. The zero-order chi connectivity index (χ0) is 28.4. The number of benzene rings is 2. The van der Waals surface area contributed by atoms with Gasteiger partial charge in [-0.3, -0.25) is 9.78 Å². The Labute approximate surface area is 240 Å². The van der Waals surface area contributed by atoms with Crippen molar-refractivity contribution in [3.05, 3.63) is 113 Å². The third-order valence-corrected chi connectivity index (χ3v) is 7.99. The molecule has 40 heavy (non-hydrogen) atoms. The van der Waals surface area contributed by atoms with E-state index in [2.05, 4.69) is 77.0 Å². The second-order valence-corrected chi connectivity index (χ2v) is 10.6. The zero-order valence-corrected chi connectivity index (χ0v) is 24.1. The highest BCUT2D eigenvalue weighted by Crippen LogP contribution is 2.42. The quantitative estimate of drug-likeness (QED) is 0.243. The summed E-state index contributed by atoms with van der Waals surface area (Å²) in [6.45, 7) is 8.97. The van der Waals surface area contributed by atoms with E-state index >= 15 is 0 Å². The molecular weight excluding hydrogens is 521 g/mol. The van der Waals surface area contributed by atoms with Crippen LogP contribution in [0.5, 0.6) is 0 Å². The van der Waals surface area contributed by atoms with Gasteiger partial charge >= 0.3 is 0 Å². The highest BCUT2D eigenvalue weighted by molar-refractivity contribution is 7.80. The molecule has 2 aromatic carbocycles. The van der Waals surface area contributed by atoms with E-state index in [0.717, 1.165) is 29.1 Å². The average molecular weight is 556 g/mol. The van der Waals surface area contributed by atoms with Gasteiger partial charge in [0.2, 0.25) is 5.91 Å². The van der Waals surface area contributed by atoms with Crippen molar-refractivity contribution in [1.29, 1.82) is 0 Å². The molecule has 0 radical (unpaired) electrons. The Balaban J connectivity index is 1.51. The number of carbonyl (C=O) groups excluding carboxylic acids is 1. The lowest BCUT2D eigenvalue weighted by molar-refractivity contribution is -0.116. The van der Waals surface area contributed by atoms with E-state index in [-0.39, 0.29) is 30.1 Å². The van der Waals surface area contributed by atoms with Crippen molar-refractivity contribution < 1.29 is 9.18 Å². The first-order valence-corrected chi connectivity index (χ1v) is 14.0. The number of carbonyl (C=O) groups is 1. The Morgan fingerprint density at radius 3 is 2.58 bits per heavy atom. The van der Waals surface area contributed by atoms with E-state index in [1.54, 1.807) is 24.4 Å². The van der Waals surface area contributed by atoms with E-state index in [4.69, 9.17) is 12.2 Å². The van der Waals surface area contributed by atoms with Crippen LogP contribution in [-0.2, 0) is 11.2 Å². The van der Waals surface area contributed by atoms with Gasteiger partial charge in [0.05, 0.1) is 29.2 Å². The van der Waals surface area contributed by atoms with Gasteiger partial charge in [-0.05, 0) is 86.4 Å². The molecule has 2 N–H and O–H groups in total. The van der Waals surface area contributed by atoms with Crippen LogP contribution < -0.4 is 10.6 Å². The summed E-state index contributed by atoms with van der Waals surface area (Å²) in [6, 6.07) is 20.3. The van der Waals surface area contributed by atoms with Crippen molar-refractivity contribution in [3.8, 4) is 5.69 Å². The third-order valence-electron chi connectivity index (χ3n) is 7.64. The van der Waals surface area contributed by atoms with Crippen molar-refractivity contribution in [2.45, 2.75) is 52.6 Å². The van der Waals surface area contributed by atoms with Crippen molar-refractivity contribution in [2.75, 3.05) is 11.9 Å². The molecule has 0 spiro atoms. The largest absolute Gasteiger partial charge is 0.352 e. The predicted octanol–water partition coefficient (Wildman–Crippen LogP) is 6.50. The van der Waals surface area contributed by atoms with E-state index < -0.39 is 5.82 Å². The maximum absolute atomic E-state index is 14.1. The van der Waals surface area contributed by atoms with Crippen molar-refractivity contribution in [3.63, 3.8) is 0 Å². The molecule has 6 nitrogen and oxygen atoms in total. The van der Waals surface area contributed by atoms with Crippen molar-refractivity contribution in [1.82, 2.24) is 19.8 Å². The minimum Gasteiger partial charge on any atom is -0.352 e. The summed E-state index contributed by atoms with van der Waals surface area (Å²) in [5, 5.41) is 6.73. The van der Waals surface area contributed by atoms with Gasteiger partial charge in [0.15, 0.2) is 5.11 Å².